The summed E-state index contributed by atoms with van der Waals surface area (Å²) >= 11 is 0. The third-order valence-electron chi connectivity index (χ3n) is 4.71. The van der Waals surface area contributed by atoms with E-state index < -0.39 is 11.6 Å². The maximum absolute atomic E-state index is 13.3. The number of hydrogen-bond acceptors (Lipinski definition) is 3. The second-order valence-corrected chi connectivity index (χ2v) is 6.48. The lowest BCUT2D eigenvalue weighted by Crippen LogP contribution is -2.39. The van der Waals surface area contributed by atoms with Crippen molar-refractivity contribution in [3.8, 4) is 0 Å². The van der Waals surface area contributed by atoms with E-state index in [2.05, 4.69) is 9.97 Å². The van der Waals surface area contributed by atoms with Gasteiger partial charge in [-0.1, -0.05) is 6.07 Å². The number of likely N-dealkylation sites (tertiary alicyclic amines) is 1. The van der Waals surface area contributed by atoms with Crippen molar-refractivity contribution < 1.29 is 13.6 Å². The first-order valence-electron chi connectivity index (χ1n) is 8.58. The smallest absolute Gasteiger partial charge is 0.222 e. The molecule has 0 aliphatic carbocycles. The van der Waals surface area contributed by atoms with Crippen molar-refractivity contribution in [1.29, 1.82) is 0 Å². The quantitative estimate of drug-likeness (QED) is 0.836. The first-order valence-corrected chi connectivity index (χ1v) is 8.58. The lowest BCUT2D eigenvalue weighted by Gasteiger charge is -2.32. The van der Waals surface area contributed by atoms with Crippen LogP contribution >= 0.6 is 0 Å². The van der Waals surface area contributed by atoms with Gasteiger partial charge >= 0.3 is 0 Å². The van der Waals surface area contributed by atoms with Crippen molar-refractivity contribution in [3.63, 3.8) is 0 Å². The summed E-state index contributed by atoms with van der Waals surface area (Å²) < 4.78 is 26.3. The molecular weight excluding hydrogens is 324 g/mol. The average molecular weight is 345 g/mol. The number of nitrogens with zero attached hydrogens (tertiary/aromatic N) is 3. The average Bonchev–Trinajstić information content (AvgIpc) is 2.64. The molecule has 2 aromatic rings. The van der Waals surface area contributed by atoms with Gasteiger partial charge in [-0.2, -0.15) is 0 Å². The van der Waals surface area contributed by atoms with Crippen molar-refractivity contribution in [1.82, 2.24) is 14.9 Å². The van der Waals surface area contributed by atoms with E-state index in [9.17, 15) is 13.6 Å². The van der Waals surface area contributed by atoms with E-state index in [-0.39, 0.29) is 5.91 Å². The van der Waals surface area contributed by atoms with Crippen LogP contribution in [-0.4, -0.2) is 33.9 Å². The van der Waals surface area contributed by atoms with Crippen LogP contribution in [0.25, 0.3) is 0 Å². The van der Waals surface area contributed by atoms with Crippen LogP contribution in [-0.2, 0) is 17.6 Å². The van der Waals surface area contributed by atoms with Crippen LogP contribution < -0.4 is 0 Å². The van der Waals surface area contributed by atoms with E-state index in [0.717, 1.165) is 43.6 Å². The van der Waals surface area contributed by atoms with E-state index in [1.165, 1.54) is 18.5 Å². The van der Waals surface area contributed by atoms with Gasteiger partial charge in [0.15, 0.2) is 11.6 Å². The van der Waals surface area contributed by atoms with Crippen LogP contribution in [0.2, 0.25) is 0 Å². The van der Waals surface area contributed by atoms with E-state index in [0.29, 0.717) is 18.8 Å². The zero-order valence-electron chi connectivity index (χ0n) is 14.0. The van der Waals surface area contributed by atoms with Gasteiger partial charge < -0.3 is 4.90 Å². The highest BCUT2D eigenvalue weighted by Gasteiger charge is 2.23. The first kappa shape index (κ1) is 17.5. The van der Waals surface area contributed by atoms with Crippen molar-refractivity contribution in [2.45, 2.75) is 32.1 Å². The highest BCUT2D eigenvalue weighted by Crippen LogP contribution is 2.23. The van der Waals surface area contributed by atoms with Crippen molar-refractivity contribution in [2.75, 3.05) is 13.1 Å². The monoisotopic (exact) mass is 345 g/mol. The maximum Gasteiger partial charge on any atom is 0.222 e. The van der Waals surface area contributed by atoms with Crippen molar-refractivity contribution in [2.24, 2.45) is 5.92 Å². The number of halogens is 2. The number of carbonyl (C=O) groups is 1. The fraction of sp³-hybridized carbons (Fsp3) is 0.421. The molecule has 0 spiro atoms. The molecule has 132 valence electrons. The SMILES string of the molecule is O=C(CCc1ccncn1)N1CCC(Cc2ccc(F)c(F)c2)CC1. The standard InChI is InChI=1S/C19H21F2N3O/c20-17-3-1-15(12-18(17)21)11-14-6-9-24(10-7-14)19(25)4-2-16-5-8-22-13-23-16/h1,3,5,8,12-14H,2,4,6-7,9-11H2. The highest BCUT2D eigenvalue weighted by atomic mass is 19.2. The number of aromatic nitrogens is 2. The molecule has 3 rings (SSSR count). The van der Waals surface area contributed by atoms with Gasteiger partial charge in [0.25, 0.3) is 0 Å². The van der Waals surface area contributed by atoms with Gasteiger partial charge in [0, 0.05) is 31.4 Å². The summed E-state index contributed by atoms with van der Waals surface area (Å²) in [5.41, 5.74) is 1.68. The van der Waals surface area contributed by atoms with Crippen molar-refractivity contribution in [3.05, 3.63) is 59.7 Å². The minimum atomic E-state index is -0.812. The van der Waals surface area contributed by atoms with E-state index in [1.807, 2.05) is 11.0 Å². The molecule has 2 heterocycles. The predicted octanol–water partition coefficient (Wildman–Crippen LogP) is 3.17. The summed E-state index contributed by atoms with van der Waals surface area (Å²) in [5, 5.41) is 0. The molecule has 0 unspecified atom stereocenters. The van der Waals surface area contributed by atoms with E-state index in [1.54, 1.807) is 12.3 Å². The lowest BCUT2D eigenvalue weighted by atomic mass is 9.90. The Hall–Kier alpha value is -2.37. The normalized spacial score (nSPS) is 15.4. The molecule has 0 bridgehead atoms. The molecule has 1 aliphatic rings. The van der Waals surface area contributed by atoms with Crippen LogP contribution in [0, 0.1) is 17.6 Å². The first-order chi connectivity index (χ1) is 12.1. The molecule has 1 aromatic carbocycles. The third kappa shape index (κ3) is 4.81. The lowest BCUT2D eigenvalue weighted by molar-refractivity contribution is -0.132. The summed E-state index contributed by atoms with van der Waals surface area (Å²) in [6.45, 7) is 1.44. The molecule has 1 amide bonds. The number of benzene rings is 1. The molecule has 1 aromatic heterocycles. The molecule has 0 N–H and O–H groups in total. The predicted molar refractivity (Wildman–Crippen MR) is 89.7 cm³/mol. The Bertz CT molecular complexity index is 716. The third-order valence-corrected chi connectivity index (χ3v) is 4.71. The van der Waals surface area contributed by atoms with Crippen molar-refractivity contribution >= 4 is 5.91 Å². The Morgan fingerprint density at radius 3 is 2.64 bits per heavy atom. The van der Waals surface area contributed by atoms with Gasteiger partial charge in [0.05, 0.1) is 0 Å². The molecule has 0 radical (unpaired) electrons. The summed E-state index contributed by atoms with van der Waals surface area (Å²) in [7, 11) is 0. The molecular formula is C19H21F2N3O. The topological polar surface area (TPSA) is 46.1 Å². The number of aryl methyl sites for hydroxylation is 1. The Balaban J connectivity index is 1.44. The summed E-state index contributed by atoms with van der Waals surface area (Å²) in [5.74, 6) is -1.07. The Kier molecular flexibility index (Phi) is 5.68. The maximum atomic E-state index is 13.3. The van der Waals surface area contributed by atoms with Crippen LogP contribution in [0.5, 0.6) is 0 Å². The zero-order valence-corrected chi connectivity index (χ0v) is 14.0. The summed E-state index contributed by atoms with van der Waals surface area (Å²) in [6.07, 6.45) is 6.73. The van der Waals surface area contributed by atoms with Crippen LogP contribution in [0.15, 0.2) is 36.8 Å². The fourth-order valence-corrected chi connectivity index (χ4v) is 3.25. The van der Waals surface area contributed by atoms with Crippen LogP contribution in [0.4, 0.5) is 8.78 Å². The second kappa shape index (κ2) is 8.14. The zero-order chi connectivity index (χ0) is 17.6. The molecule has 1 fully saturated rings. The number of hydrogen-bond donors (Lipinski definition) is 0. The van der Waals surface area contributed by atoms with Crippen LogP contribution in [0.3, 0.4) is 0 Å². The van der Waals surface area contributed by atoms with Gasteiger partial charge in [-0.25, -0.2) is 18.7 Å². The minimum absolute atomic E-state index is 0.143. The minimum Gasteiger partial charge on any atom is -0.343 e. The highest BCUT2D eigenvalue weighted by molar-refractivity contribution is 5.76. The molecule has 4 nitrogen and oxygen atoms in total. The number of rotatable bonds is 5. The van der Waals surface area contributed by atoms with E-state index >= 15 is 0 Å². The van der Waals surface area contributed by atoms with Gasteiger partial charge in [0.1, 0.15) is 6.33 Å². The fourth-order valence-electron chi connectivity index (χ4n) is 3.25. The van der Waals surface area contributed by atoms with Gasteiger partial charge in [-0.05, 0) is 55.4 Å². The number of carbonyl (C=O) groups excluding carboxylic acids is 1. The second-order valence-electron chi connectivity index (χ2n) is 6.48. The Labute approximate surface area is 145 Å². The summed E-state index contributed by atoms with van der Waals surface area (Å²) in [4.78, 5) is 22.2. The van der Waals surface area contributed by atoms with Gasteiger partial charge in [-0.15, -0.1) is 0 Å². The largest absolute Gasteiger partial charge is 0.343 e. The molecule has 25 heavy (non-hydrogen) atoms. The van der Waals surface area contributed by atoms with Crippen LogP contribution in [0.1, 0.15) is 30.5 Å². The number of amides is 1. The Morgan fingerprint density at radius 2 is 1.96 bits per heavy atom. The molecule has 0 saturated carbocycles. The Morgan fingerprint density at radius 1 is 1.16 bits per heavy atom. The molecule has 1 saturated heterocycles. The molecule has 0 atom stereocenters. The van der Waals surface area contributed by atoms with Gasteiger partial charge in [-0.3, -0.25) is 4.79 Å². The summed E-state index contributed by atoms with van der Waals surface area (Å²) in [6, 6.07) is 5.91. The molecule has 1 aliphatic heterocycles. The van der Waals surface area contributed by atoms with Gasteiger partial charge in [0.2, 0.25) is 5.91 Å². The number of piperidine rings is 1. The van der Waals surface area contributed by atoms with E-state index in [4.69, 9.17) is 0 Å². The molecule has 6 heteroatoms.